The zero-order valence-electron chi connectivity index (χ0n) is 12.4. The van der Waals surface area contributed by atoms with E-state index in [1.807, 2.05) is 30.3 Å². The van der Waals surface area contributed by atoms with Gasteiger partial charge in [0.05, 0.1) is 0 Å². The molecule has 3 aromatic rings. The van der Waals surface area contributed by atoms with Crippen molar-refractivity contribution in [2.75, 3.05) is 0 Å². The number of hydrogen-bond donors (Lipinski definition) is 1. The molecule has 1 aromatic heterocycles. The second kappa shape index (κ2) is 6.75. The Hall–Kier alpha value is -3.14. The molecular weight excluding hydrogens is 290 g/mol. The maximum Gasteiger partial charge on any atom is 0.235 e. The van der Waals surface area contributed by atoms with E-state index in [1.54, 1.807) is 36.5 Å². The lowest BCUT2D eigenvalue weighted by Gasteiger charge is -2.07. The minimum Gasteiger partial charge on any atom is -0.489 e. The molecule has 0 saturated carbocycles. The van der Waals surface area contributed by atoms with E-state index in [-0.39, 0.29) is 0 Å². The van der Waals surface area contributed by atoms with Crippen LogP contribution in [0.15, 0.2) is 73.1 Å². The van der Waals surface area contributed by atoms with E-state index in [0.717, 1.165) is 5.56 Å². The van der Waals surface area contributed by atoms with Crippen molar-refractivity contribution in [2.45, 2.75) is 6.61 Å². The first kappa shape index (κ1) is 14.8. The molecule has 4 nitrogen and oxygen atoms in total. The first-order valence-corrected chi connectivity index (χ1v) is 7.22. The average Bonchev–Trinajstić information content (AvgIpc) is 3.14. The normalized spacial score (nSPS) is 10.3. The summed E-state index contributed by atoms with van der Waals surface area (Å²) in [6.45, 7) is 0.407. The largest absolute Gasteiger partial charge is 0.489 e. The second-order valence-electron chi connectivity index (χ2n) is 5.06. The number of ether oxygens (including phenoxy) is 1. The molecular formula is C19H15NO3. The van der Waals surface area contributed by atoms with Crippen molar-refractivity contribution in [3.8, 4) is 5.75 Å². The van der Waals surface area contributed by atoms with E-state index in [4.69, 9.17) is 4.74 Å². The second-order valence-corrected chi connectivity index (χ2v) is 5.06. The first-order chi connectivity index (χ1) is 11.2. The maximum atomic E-state index is 12.3. The van der Waals surface area contributed by atoms with Gasteiger partial charge in [0.2, 0.25) is 11.6 Å². The molecule has 4 heteroatoms. The Balaban J connectivity index is 1.72. The molecule has 0 fully saturated rings. The smallest absolute Gasteiger partial charge is 0.235 e. The molecule has 3 rings (SSSR count). The zero-order chi connectivity index (χ0) is 16.1. The van der Waals surface area contributed by atoms with Gasteiger partial charge in [0.25, 0.3) is 0 Å². The van der Waals surface area contributed by atoms with Crippen molar-refractivity contribution in [2.24, 2.45) is 0 Å². The number of H-pyrrole nitrogens is 1. The van der Waals surface area contributed by atoms with Crippen LogP contribution in [-0.4, -0.2) is 16.6 Å². The number of ketones is 2. The van der Waals surface area contributed by atoms with Gasteiger partial charge in [-0.15, -0.1) is 0 Å². The minimum atomic E-state index is -0.547. The van der Waals surface area contributed by atoms with Crippen molar-refractivity contribution in [1.82, 2.24) is 4.98 Å². The van der Waals surface area contributed by atoms with Crippen LogP contribution in [0.1, 0.15) is 26.3 Å². The van der Waals surface area contributed by atoms with Crippen molar-refractivity contribution in [1.29, 1.82) is 0 Å². The molecule has 0 atom stereocenters. The van der Waals surface area contributed by atoms with Crippen LogP contribution in [0.3, 0.4) is 0 Å². The Morgan fingerprint density at radius 3 is 2.39 bits per heavy atom. The minimum absolute atomic E-state index is 0.321. The van der Waals surface area contributed by atoms with Crippen LogP contribution in [0.2, 0.25) is 0 Å². The molecule has 0 bridgehead atoms. The standard InChI is InChI=1S/C19H15NO3/c21-18(19(22)16-9-10-20-12-16)15-7-4-8-17(11-15)23-13-14-5-2-1-3-6-14/h1-12,20H,13H2. The van der Waals surface area contributed by atoms with Crippen LogP contribution in [0.4, 0.5) is 0 Å². The molecule has 23 heavy (non-hydrogen) atoms. The first-order valence-electron chi connectivity index (χ1n) is 7.22. The Morgan fingerprint density at radius 2 is 1.65 bits per heavy atom. The molecule has 114 valence electrons. The van der Waals surface area contributed by atoms with E-state index in [1.165, 1.54) is 6.20 Å². The third kappa shape index (κ3) is 3.55. The lowest BCUT2D eigenvalue weighted by atomic mass is 10.0. The van der Waals surface area contributed by atoms with Crippen molar-refractivity contribution in [3.63, 3.8) is 0 Å². The average molecular weight is 305 g/mol. The number of hydrogen-bond acceptors (Lipinski definition) is 3. The fourth-order valence-corrected chi connectivity index (χ4v) is 2.20. The number of rotatable bonds is 6. The van der Waals surface area contributed by atoms with Gasteiger partial charge in [0, 0.05) is 23.5 Å². The molecule has 0 spiro atoms. The molecule has 0 aliphatic rings. The van der Waals surface area contributed by atoms with Crippen LogP contribution in [-0.2, 0) is 6.61 Å². The Kier molecular flexibility index (Phi) is 4.34. The fourth-order valence-electron chi connectivity index (χ4n) is 2.20. The van der Waals surface area contributed by atoms with Crippen LogP contribution >= 0.6 is 0 Å². The van der Waals surface area contributed by atoms with Crippen LogP contribution < -0.4 is 4.74 Å². The summed E-state index contributed by atoms with van der Waals surface area (Å²) in [5, 5.41) is 0. The van der Waals surface area contributed by atoms with Crippen molar-refractivity contribution < 1.29 is 14.3 Å². The number of nitrogens with one attached hydrogen (secondary N) is 1. The molecule has 0 radical (unpaired) electrons. The number of carbonyl (C=O) groups is 2. The zero-order valence-corrected chi connectivity index (χ0v) is 12.4. The maximum absolute atomic E-state index is 12.3. The van der Waals surface area contributed by atoms with Gasteiger partial charge in [-0.25, -0.2) is 0 Å². The van der Waals surface area contributed by atoms with Crippen LogP contribution in [0.25, 0.3) is 0 Å². The monoisotopic (exact) mass is 305 g/mol. The van der Waals surface area contributed by atoms with E-state index in [9.17, 15) is 9.59 Å². The predicted molar refractivity (Wildman–Crippen MR) is 86.7 cm³/mol. The predicted octanol–water partition coefficient (Wildman–Crippen LogP) is 3.66. The molecule has 0 saturated heterocycles. The molecule has 1 N–H and O–H groups in total. The molecule has 0 aliphatic heterocycles. The van der Waals surface area contributed by atoms with Crippen molar-refractivity contribution in [3.05, 3.63) is 89.7 Å². The van der Waals surface area contributed by atoms with Gasteiger partial charge < -0.3 is 9.72 Å². The number of Topliss-reactive ketones (excluding diaryl/α,β-unsaturated/α-hetero) is 2. The van der Waals surface area contributed by atoms with Gasteiger partial charge in [0.1, 0.15) is 12.4 Å². The molecule has 0 amide bonds. The van der Waals surface area contributed by atoms with E-state index in [2.05, 4.69) is 4.98 Å². The number of benzene rings is 2. The summed E-state index contributed by atoms with van der Waals surface area (Å²) in [5.41, 5.74) is 1.71. The van der Waals surface area contributed by atoms with Crippen LogP contribution in [0.5, 0.6) is 5.75 Å². The van der Waals surface area contributed by atoms with Gasteiger partial charge in [-0.05, 0) is 23.8 Å². The summed E-state index contributed by atoms with van der Waals surface area (Å²) in [6, 6.07) is 18.0. The fraction of sp³-hybridized carbons (Fsp3) is 0.0526. The van der Waals surface area contributed by atoms with Crippen LogP contribution in [0, 0.1) is 0 Å². The number of carbonyl (C=O) groups excluding carboxylic acids is 2. The number of aromatic amines is 1. The summed E-state index contributed by atoms with van der Waals surface area (Å²) in [7, 11) is 0. The quantitative estimate of drug-likeness (QED) is 0.558. The van der Waals surface area contributed by atoms with E-state index in [0.29, 0.717) is 23.5 Å². The topological polar surface area (TPSA) is 59.2 Å². The highest BCUT2D eigenvalue weighted by Crippen LogP contribution is 2.17. The summed E-state index contributed by atoms with van der Waals surface area (Å²) >= 11 is 0. The molecule has 0 unspecified atom stereocenters. The summed E-state index contributed by atoms with van der Waals surface area (Å²) < 4.78 is 5.68. The van der Waals surface area contributed by atoms with E-state index < -0.39 is 11.6 Å². The van der Waals surface area contributed by atoms with Gasteiger partial charge >= 0.3 is 0 Å². The third-order valence-electron chi connectivity index (χ3n) is 3.41. The summed E-state index contributed by atoms with van der Waals surface area (Å²) in [5.74, 6) is -0.525. The van der Waals surface area contributed by atoms with Gasteiger partial charge in [-0.2, -0.15) is 0 Å². The Morgan fingerprint density at radius 1 is 0.870 bits per heavy atom. The third-order valence-corrected chi connectivity index (χ3v) is 3.41. The Bertz CT molecular complexity index is 808. The van der Waals surface area contributed by atoms with E-state index >= 15 is 0 Å². The van der Waals surface area contributed by atoms with Gasteiger partial charge in [-0.1, -0.05) is 42.5 Å². The Labute approximate surface area is 133 Å². The number of aromatic nitrogens is 1. The SMILES string of the molecule is O=C(C(=O)c1cccc(OCc2ccccc2)c1)c1cc[nH]c1. The molecule has 1 heterocycles. The molecule has 2 aromatic carbocycles. The highest BCUT2D eigenvalue weighted by Gasteiger charge is 2.18. The summed E-state index contributed by atoms with van der Waals surface area (Å²) in [6.07, 6.45) is 3.12. The van der Waals surface area contributed by atoms with Crippen molar-refractivity contribution >= 4 is 11.6 Å². The lowest BCUT2D eigenvalue weighted by Crippen LogP contribution is -2.13. The van der Waals surface area contributed by atoms with Gasteiger partial charge in [0.15, 0.2) is 0 Å². The lowest BCUT2D eigenvalue weighted by molar-refractivity contribution is 0.0817. The highest BCUT2D eigenvalue weighted by molar-refractivity contribution is 6.49. The molecule has 0 aliphatic carbocycles. The van der Waals surface area contributed by atoms with Gasteiger partial charge in [-0.3, -0.25) is 9.59 Å². The highest BCUT2D eigenvalue weighted by atomic mass is 16.5. The summed E-state index contributed by atoms with van der Waals surface area (Å²) in [4.78, 5) is 27.1.